The van der Waals surface area contributed by atoms with Crippen LogP contribution >= 0.6 is 15.9 Å². The van der Waals surface area contributed by atoms with Gasteiger partial charge in [-0.2, -0.15) is 0 Å². The lowest BCUT2D eigenvalue weighted by molar-refractivity contribution is 0.162. The van der Waals surface area contributed by atoms with Crippen molar-refractivity contribution in [1.29, 1.82) is 0 Å². The van der Waals surface area contributed by atoms with E-state index in [0.717, 1.165) is 21.6 Å². The first-order valence-electron chi connectivity index (χ1n) is 5.71. The van der Waals surface area contributed by atoms with Crippen LogP contribution in [-0.2, 0) is 11.3 Å². The Hall–Kier alpha value is -1.10. The third-order valence-corrected chi connectivity index (χ3v) is 3.48. The number of furan rings is 1. The molecule has 1 atom stereocenters. The molecule has 1 aromatic carbocycles. The Morgan fingerprint density at radius 2 is 2.11 bits per heavy atom. The second-order valence-electron chi connectivity index (χ2n) is 4.24. The van der Waals surface area contributed by atoms with Gasteiger partial charge in [-0.1, -0.05) is 33.6 Å². The van der Waals surface area contributed by atoms with Crippen molar-refractivity contribution in [3.8, 4) is 0 Å². The van der Waals surface area contributed by atoms with Gasteiger partial charge in [-0.15, -0.1) is 0 Å². The van der Waals surface area contributed by atoms with Crippen LogP contribution in [0.2, 0.25) is 0 Å². The predicted molar refractivity (Wildman–Crippen MR) is 74.3 cm³/mol. The van der Waals surface area contributed by atoms with E-state index < -0.39 is 0 Å². The Bertz CT molecular complexity index is 536. The van der Waals surface area contributed by atoms with Crippen LogP contribution in [0.5, 0.6) is 0 Å². The van der Waals surface area contributed by atoms with E-state index in [4.69, 9.17) is 14.9 Å². The molecule has 0 spiro atoms. The number of hydrogen-bond acceptors (Lipinski definition) is 3. The Balaban J connectivity index is 2.29. The number of benzene rings is 1. The van der Waals surface area contributed by atoms with Crippen molar-refractivity contribution in [2.75, 3.05) is 7.11 Å². The first-order valence-corrected chi connectivity index (χ1v) is 6.50. The maximum atomic E-state index is 6.23. The molecule has 18 heavy (non-hydrogen) atoms. The zero-order chi connectivity index (χ0) is 13.1. The molecular formula is C14H16BrNO2. The summed E-state index contributed by atoms with van der Waals surface area (Å²) in [6.07, 6.45) is 0. The zero-order valence-electron chi connectivity index (χ0n) is 10.4. The van der Waals surface area contributed by atoms with Crippen LogP contribution in [0.25, 0.3) is 0 Å². The van der Waals surface area contributed by atoms with Gasteiger partial charge in [0.25, 0.3) is 0 Å². The average Bonchev–Trinajstić information content (AvgIpc) is 2.80. The molecule has 1 aromatic heterocycles. The highest BCUT2D eigenvalue weighted by Crippen LogP contribution is 2.28. The zero-order valence-corrected chi connectivity index (χ0v) is 12.0. The number of methoxy groups -OCH3 is 1. The number of hydrogen-bond donors (Lipinski definition) is 1. The highest BCUT2D eigenvalue weighted by atomic mass is 79.9. The molecule has 0 aliphatic heterocycles. The molecule has 0 saturated heterocycles. The minimum absolute atomic E-state index is 0.273. The van der Waals surface area contributed by atoms with Crippen LogP contribution in [0, 0.1) is 6.92 Å². The van der Waals surface area contributed by atoms with Gasteiger partial charge in [0.1, 0.15) is 18.1 Å². The highest BCUT2D eigenvalue weighted by Gasteiger charge is 2.16. The van der Waals surface area contributed by atoms with Gasteiger partial charge in [0.2, 0.25) is 0 Å². The molecule has 96 valence electrons. The molecule has 0 aliphatic rings. The fraction of sp³-hybridized carbons (Fsp3) is 0.286. The number of halogens is 1. The normalized spacial score (nSPS) is 12.7. The third-order valence-electron chi connectivity index (χ3n) is 2.76. The molecule has 1 heterocycles. The van der Waals surface area contributed by atoms with E-state index in [9.17, 15) is 0 Å². The van der Waals surface area contributed by atoms with Gasteiger partial charge < -0.3 is 14.9 Å². The van der Waals surface area contributed by atoms with Gasteiger partial charge in [0, 0.05) is 11.6 Å². The first-order chi connectivity index (χ1) is 8.61. The van der Waals surface area contributed by atoms with E-state index in [2.05, 4.69) is 22.0 Å². The van der Waals surface area contributed by atoms with Crippen molar-refractivity contribution >= 4 is 15.9 Å². The van der Waals surface area contributed by atoms with Crippen LogP contribution < -0.4 is 5.73 Å². The summed E-state index contributed by atoms with van der Waals surface area (Å²) in [5.41, 5.74) is 8.43. The smallest absolute Gasteiger partial charge is 0.129 e. The first kappa shape index (κ1) is 13.3. The summed E-state index contributed by atoms with van der Waals surface area (Å²) in [4.78, 5) is 0. The SMILES string of the molecule is COCc1ccc(C(N)c2cc(C)ccc2Br)o1. The molecule has 2 N–H and O–H groups in total. The van der Waals surface area contributed by atoms with Gasteiger partial charge in [-0.3, -0.25) is 0 Å². The quantitative estimate of drug-likeness (QED) is 0.939. The van der Waals surface area contributed by atoms with E-state index in [1.54, 1.807) is 7.11 Å². The van der Waals surface area contributed by atoms with E-state index >= 15 is 0 Å². The lowest BCUT2D eigenvalue weighted by Gasteiger charge is -2.12. The Morgan fingerprint density at radius 1 is 1.33 bits per heavy atom. The monoisotopic (exact) mass is 309 g/mol. The van der Waals surface area contributed by atoms with Crippen LogP contribution in [0.1, 0.15) is 28.7 Å². The molecule has 0 amide bonds. The molecule has 2 rings (SSSR count). The second kappa shape index (κ2) is 5.69. The number of ether oxygens (including phenoxy) is 1. The van der Waals surface area contributed by atoms with E-state index in [0.29, 0.717) is 6.61 Å². The van der Waals surface area contributed by atoms with Crippen LogP contribution in [0.3, 0.4) is 0 Å². The van der Waals surface area contributed by atoms with Crippen molar-refractivity contribution in [2.24, 2.45) is 5.73 Å². The van der Waals surface area contributed by atoms with Gasteiger partial charge in [-0.05, 0) is 30.7 Å². The highest BCUT2D eigenvalue weighted by molar-refractivity contribution is 9.10. The lowest BCUT2D eigenvalue weighted by Crippen LogP contribution is -2.11. The second-order valence-corrected chi connectivity index (χ2v) is 5.09. The molecular weight excluding hydrogens is 294 g/mol. The maximum absolute atomic E-state index is 6.23. The van der Waals surface area contributed by atoms with E-state index in [1.807, 2.05) is 31.2 Å². The predicted octanol–water partition coefficient (Wildman–Crippen LogP) is 3.55. The summed E-state index contributed by atoms with van der Waals surface area (Å²) in [5.74, 6) is 1.53. The molecule has 2 aromatic rings. The van der Waals surface area contributed by atoms with E-state index in [1.165, 1.54) is 5.56 Å². The summed E-state index contributed by atoms with van der Waals surface area (Å²) in [7, 11) is 1.64. The number of aryl methyl sites for hydroxylation is 1. The van der Waals surface area contributed by atoms with Crippen LogP contribution in [-0.4, -0.2) is 7.11 Å². The molecule has 0 bridgehead atoms. The largest absolute Gasteiger partial charge is 0.462 e. The van der Waals surface area contributed by atoms with Crippen molar-refractivity contribution in [2.45, 2.75) is 19.6 Å². The topological polar surface area (TPSA) is 48.4 Å². The Kier molecular flexibility index (Phi) is 4.22. The van der Waals surface area contributed by atoms with Gasteiger partial charge >= 0.3 is 0 Å². The fourth-order valence-corrected chi connectivity index (χ4v) is 2.33. The average molecular weight is 310 g/mol. The van der Waals surface area contributed by atoms with Gasteiger partial charge in [0.15, 0.2) is 0 Å². The standard InChI is InChI=1S/C14H16BrNO2/c1-9-3-5-12(15)11(7-9)14(16)13-6-4-10(18-13)8-17-2/h3-7,14H,8,16H2,1-2H3. The number of rotatable bonds is 4. The molecule has 0 radical (unpaired) electrons. The summed E-state index contributed by atoms with van der Waals surface area (Å²) >= 11 is 3.52. The maximum Gasteiger partial charge on any atom is 0.129 e. The van der Waals surface area contributed by atoms with Crippen LogP contribution in [0.4, 0.5) is 0 Å². The molecule has 0 fully saturated rings. The van der Waals surface area contributed by atoms with Gasteiger partial charge in [0.05, 0.1) is 6.04 Å². The Labute approximate surface area is 115 Å². The molecule has 0 aliphatic carbocycles. The minimum Gasteiger partial charge on any atom is -0.462 e. The summed E-state index contributed by atoms with van der Waals surface area (Å²) in [5, 5.41) is 0. The van der Waals surface area contributed by atoms with Crippen molar-refractivity contribution < 1.29 is 9.15 Å². The van der Waals surface area contributed by atoms with Crippen LogP contribution in [0.15, 0.2) is 39.2 Å². The van der Waals surface area contributed by atoms with Gasteiger partial charge in [-0.25, -0.2) is 0 Å². The molecule has 1 unspecified atom stereocenters. The Morgan fingerprint density at radius 3 is 2.83 bits per heavy atom. The van der Waals surface area contributed by atoms with Crippen molar-refractivity contribution in [1.82, 2.24) is 0 Å². The minimum atomic E-state index is -0.273. The van der Waals surface area contributed by atoms with E-state index in [-0.39, 0.29) is 6.04 Å². The van der Waals surface area contributed by atoms with Crippen molar-refractivity contribution in [3.05, 3.63) is 57.5 Å². The molecule has 3 nitrogen and oxygen atoms in total. The lowest BCUT2D eigenvalue weighted by atomic mass is 10.0. The van der Waals surface area contributed by atoms with Crippen molar-refractivity contribution in [3.63, 3.8) is 0 Å². The summed E-state index contributed by atoms with van der Waals surface area (Å²) < 4.78 is 11.7. The molecule has 0 saturated carbocycles. The number of nitrogens with two attached hydrogens (primary N) is 1. The third kappa shape index (κ3) is 2.83. The summed E-state index contributed by atoms with van der Waals surface area (Å²) in [6.45, 7) is 2.50. The summed E-state index contributed by atoms with van der Waals surface area (Å²) in [6, 6.07) is 9.62. The molecule has 4 heteroatoms. The fourth-order valence-electron chi connectivity index (χ4n) is 1.84.